The lowest BCUT2D eigenvalue weighted by atomic mass is 10.1. The summed E-state index contributed by atoms with van der Waals surface area (Å²) in [5, 5.41) is 9.03. The van der Waals surface area contributed by atoms with Crippen molar-refractivity contribution < 1.29 is 0 Å². The molecule has 0 aliphatic heterocycles. The van der Waals surface area contributed by atoms with Gasteiger partial charge in [0.05, 0.1) is 5.69 Å². The second-order valence-electron chi connectivity index (χ2n) is 4.68. The van der Waals surface area contributed by atoms with Crippen molar-refractivity contribution in [3.05, 3.63) is 18.0 Å². The molecule has 0 aliphatic rings. The normalized spacial score (nSPS) is 15.4. The molecule has 0 amide bonds. The molecule has 0 fully saturated rings. The summed E-state index contributed by atoms with van der Waals surface area (Å²) in [6, 6.07) is 3.02. The fourth-order valence-corrected chi connectivity index (χ4v) is 1.92. The van der Waals surface area contributed by atoms with Crippen LogP contribution in [-0.2, 0) is 6.54 Å². The summed E-state index contributed by atoms with van der Waals surface area (Å²) >= 11 is 3.51. The van der Waals surface area contributed by atoms with E-state index in [2.05, 4.69) is 60.1 Å². The minimum atomic E-state index is 0.438. The Morgan fingerprint density at radius 1 is 1.38 bits per heavy atom. The summed E-state index contributed by atoms with van der Waals surface area (Å²) in [7, 11) is 0. The summed E-state index contributed by atoms with van der Waals surface area (Å²) in [6.07, 6.45) is 2.04. The molecule has 1 rings (SSSR count). The van der Waals surface area contributed by atoms with Gasteiger partial charge in [-0.25, -0.2) is 0 Å². The SMILES string of the molecule is CC(CBr)C(C)NCc1ccn(C(C)C)n1. The standard InChI is InChI=1S/C12H22BrN3/c1-9(2)16-6-5-12(15-16)8-14-11(4)10(3)7-13/h5-6,9-11,14H,7-8H2,1-4H3. The quantitative estimate of drug-likeness (QED) is 0.816. The van der Waals surface area contributed by atoms with E-state index in [1.54, 1.807) is 0 Å². The minimum absolute atomic E-state index is 0.438. The van der Waals surface area contributed by atoms with E-state index in [0.717, 1.165) is 17.6 Å². The lowest BCUT2D eigenvalue weighted by Crippen LogP contribution is -2.32. The van der Waals surface area contributed by atoms with Crippen LogP contribution in [0.4, 0.5) is 0 Å². The van der Waals surface area contributed by atoms with Crippen molar-refractivity contribution >= 4 is 15.9 Å². The zero-order valence-electron chi connectivity index (χ0n) is 10.6. The van der Waals surface area contributed by atoms with Gasteiger partial charge in [0, 0.05) is 30.2 Å². The third-order valence-electron chi connectivity index (χ3n) is 2.89. The number of alkyl halides is 1. The molecule has 16 heavy (non-hydrogen) atoms. The van der Waals surface area contributed by atoms with Crippen LogP contribution in [0, 0.1) is 5.92 Å². The van der Waals surface area contributed by atoms with Gasteiger partial charge in [0.1, 0.15) is 0 Å². The number of aromatic nitrogens is 2. The summed E-state index contributed by atoms with van der Waals surface area (Å²) in [5.41, 5.74) is 1.11. The van der Waals surface area contributed by atoms with Crippen molar-refractivity contribution in [2.45, 2.75) is 46.3 Å². The van der Waals surface area contributed by atoms with Crippen molar-refractivity contribution in [3.8, 4) is 0 Å². The highest BCUT2D eigenvalue weighted by atomic mass is 79.9. The van der Waals surface area contributed by atoms with Gasteiger partial charge >= 0.3 is 0 Å². The van der Waals surface area contributed by atoms with Gasteiger partial charge in [0.15, 0.2) is 0 Å². The molecular formula is C12H22BrN3. The highest BCUT2D eigenvalue weighted by Crippen LogP contribution is 2.08. The molecule has 0 aliphatic carbocycles. The number of halogens is 1. The van der Waals surface area contributed by atoms with E-state index in [9.17, 15) is 0 Å². The molecular weight excluding hydrogens is 266 g/mol. The van der Waals surface area contributed by atoms with Gasteiger partial charge in [-0.3, -0.25) is 4.68 Å². The largest absolute Gasteiger partial charge is 0.308 e. The third kappa shape index (κ3) is 3.91. The average Bonchev–Trinajstić information content (AvgIpc) is 2.73. The molecule has 2 atom stereocenters. The van der Waals surface area contributed by atoms with Gasteiger partial charge < -0.3 is 5.32 Å². The summed E-state index contributed by atoms with van der Waals surface area (Å²) < 4.78 is 2.00. The summed E-state index contributed by atoms with van der Waals surface area (Å²) in [4.78, 5) is 0. The van der Waals surface area contributed by atoms with Gasteiger partial charge in [0.25, 0.3) is 0 Å². The van der Waals surface area contributed by atoms with Crippen molar-refractivity contribution in [2.75, 3.05) is 5.33 Å². The van der Waals surface area contributed by atoms with Crippen LogP contribution in [0.2, 0.25) is 0 Å². The van der Waals surface area contributed by atoms with Gasteiger partial charge in [-0.1, -0.05) is 22.9 Å². The first-order valence-corrected chi connectivity index (χ1v) is 7.00. The molecule has 0 aromatic carbocycles. The third-order valence-corrected chi connectivity index (χ3v) is 3.92. The first-order chi connectivity index (χ1) is 7.54. The van der Waals surface area contributed by atoms with E-state index >= 15 is 0 Å². The predicted octanol–water partition coefficient (Wildman–Crippen LogP) is 2.97. The molecule has 0 spiro atoms. The Bertz CT molecular complexity index is 309. The van der Waals surface area contributed by atoms with Crippen molar-refractivity contribution in [1.29, 1.82) is 0 Å². The number of rotatable bonds is 6. The zero-order chi connectivity index (χ0) is 12.1. The Kier molecular flexibility index (Phi) is 5.49. The van der Waals surface area contributed by atoms with Gasteiger partial charge in [-0.15, -0.1) is 0 Å². The maximum absolute atomic E-state index is 4.51. The minimum Gasteiger partial charge on any atom is -0.308 e. The van der Waals surface area contributed by atoms with Crippen LogP contribution in [0.15, 0.2) is 12.3 Å². The first-order valence-electron chi connectivity index (χ1n) is 5.88. The van der Waals surface area contributed by atoms with E-state index in [1.165, 1.54) is 0 Å². The number of hydrogen-bond donors (Lipinski definition) is 1. The zero-order valence-corrected chi connectivity index (χ0v) is 12.2. The van der Waals surface area contributed by atoms with Crippen molar-refractivity contribution in [1.82, 2.24) is 15.1 Å². The molecule has 1 heterocycles. The van der Waals surface area contributed by atoms with E-state index in [4.69, 9.17) is 0 Å². The molecule has 0 bridgehead atoms. The fraction of sp³-hybridized carbons (Fsp3) is 0.750. The number of hydrogen-bond acceptors (Lipinski definition) is 2. The van der Waals surface area contributed by atoms with Crippen molar-refractivity contribution in [2.24, 2.45) is 5.92 Å². The Balaban J connectivity index is 2.42. The molecule has 92 valence electrons. The van der Waals surface area contributed by atoms with E-state index in [-0.39, 0.29) is 0 Å². The van der Waals surface area contributed by atoms with Crippen LogP contribution in [0.25, 0.3) is 0 Å². The average molecular weight is 288 g/mol. The number of nitrogens with zero attached hydrogens (tertiary/aromatic N) is 2. The molecule has 0 saturated carbocycles. The Morgan fingerprint density at radius 3 is 2.56 bits per heavy atom. The molecule has 0 radical (unpaired) electrons. The Hall–Kier alpha value is -0.350. The lowest BCUT2D eigenvalue weighted by molar-refractivity contribution is 0.427. The van der Waals surface area contributed by atoms with Gasteiger partial charge in [0.2, 0.25) is 0 Å². The van der Waals surface area contributed by atoms with Crippen LogP contribution in [0.1, 0.15) is 39.4 Å². The first kappa shape index (κ1) is 13.7. The van der Waals surface area contributed by atoms with Gasteiger partial charge in [-0.2, -0.15) is 5.10 Å². The van der Waals surface area contributed by atoms with Crippen LogP contribution in [0.3, 0.4) is 0 Å². The molecule has 2 unspecified atom stereocenters. The number of nitrogens with one attached hydrogen (secondary N) is 1. The molecule has 3 nitrogen and oxygen atoms in total. The molecule has 0 saturated heterocycles. The molecule has 1 aromatic rings. The summed E-state index contributed by atoms with van der Waals surface area (Å²) in [5.74, 6) is 0.632. The molecule has 1 aromatic heterocycles. The summed E-state index contributed by atoms with van der Waals surface area (Å²) in [6.45, 7) is 9.57. The second kappa shape index (κ2) is 6.40. The Labute approximate surface area is 107 Å². The van der Waals surface area contributed by atoms with Crippen LogP contribution in [0.5, 0.6) is 0 Å². The highest BCUT2D eigenvalue weighted by Gasteiger charge is 2.10. The van der Waals surface area contributed by atoms with E-state index < -0.39 is 0 Å². The van der Waals surface area contributed by atoms with Crippen molar-refractivity contribution in [3.63, 3.8) is 0 Å². The second-order valence-corrected chi connectivity index (χ2v) is 5.33. The molecule has 1 N–H and O–H groups in total. The fourth-order valence-electron chi connectivity index (χ4n) is 1.36. The molecule has 4 heteroatoms. The van der Waals surface area contributed by atoms with E-state index in [0.29, 0.717) is 18.0 Å². The van der Waals surface area contributed by atoms with Crippen LogP contribution < -0.4 is 5.32 Å². The smallest absolute Gasteiger partial charge is 0.0762 e. The monoisotopic (exact) mass is 287 g/mol. The van der Waals surface area contributed by atoms with Crippen LogP contribution in [-0.4, -0.2) is 21.2 Å². The Morgan fingerprint density at radius 2 is 2.06 bits per heavy atom. The maximum Gasteiger partial charge on any atom is 0.0762 e. The lowest BCUT2D eigenvalue weighted by Gasteiger charge is -2.18. The topological polar surface area (TPSA) is 29.9 Å². The maximum atomic E-state index is 4.51. The van der Waals surface area contributed by atoms with Crippen LogP contribution >= 0.6 is 15.9 Å². The highest BCUT2D eigenvalue weighted by molar-refractivity contribution is 9.09. The van der Waals surface area contributed by atoms with Gasteiger partial charge in [-0.05, 0) is 32.8 Å². The van der Waals surface area contributed by atoms with E-state index in [1.807, 2.05) is 10.9 Å². The predicted molar refractivity (Wildman–Crippen MR) is 71.9 cm³/mol.